The lowest BCUT2D eigenvalue weighted by atomic mass is 10.2. The highest BCUT2D eigenvalue weighted by atomic mass is 19.2. The molecule has 2 aromatic rings. The van der Waals surface area contributed by atoms with Crippen molar-refractivity contribution in [3.63, 3.8) is 0 Å². The number of nitrogens with one attached hydrogen (secondary N) is 1. The van der Waals surface area contributed by atoms with Crippen LogP contribution in [0.5, 0.6) is 0 Å². The Morgan fingerprint density at radius 3 is 2.25 bits per heavy atom. The monoisotopic (exact) mass is 281 g/mol. The van der Waals surface area contributed by atoms with Gasteiger partial charge in [0.2, 0.25) is 0 Å². The first-order valence-electron chi connectivity index (χ1n) is 5.41. The molecule has 0 amide bonds. The quantitative estimate of drug-likeness (QED) is 0.676. The second kappa shape index (κ2) is 5.17. The first-order chi connectivity index (χ1) is 9.43. The molecule has 1 heterocycles. The molecule has 0 fully saturated rings. The molecule has 7 heteroatoms. The van der Waals surface area contributed by atoms with E-state index in [0.29, 0.717) is 5.69 Å². The number of pyridine rings is 1. The molecule has 1 aromatic carbocycles. The highest BCUT2D eigenvalue weighted by molar-refractivity contribution is 5.64. The number of anilines is 2. The van der Waals surface area contributed by atoms with Crippen LogP contribution in [0.15, 0.2) is 18.2 Å². The van der Waals surface area contributed by atoms with Crippen molar-refractivity contribution in [1.82, 2.24) is 4.98 Å². The Bertz CT molecular complexity index is 696. The number of aromatic nitrogens is 1. The molecule has 0 unspecified atom stereocenters. The van der Waals surface area contributed by atoms with Crippen LogP contribution in [-0.2, 0) is 0 Å². The van der Waals surface area contributed by atoms with Gasteiger partial charge in [-0.05, 0) is 19.1 Å². The van der Waals surface area contributed by atoms with Crippen molar-refractivity contribution >= 4 is 11.5 Å². The predicted octanol–water partition coefficient (Wildman–Crippen LogP) is 3.56. The third-order valence-electron chi connectivity index (χ3n) is 2.51. The van der Waals surface area contributed by atoms with E-state index in [2.05, 4.69) is 10.3 Å². The van der Waals surface area contributed by atoms with Crippen LogP contribution < -0.4 is 5.32 Å². The largest absolute Gasteiger partial charge is 0.334 e. The van der Waals surface area contributed by atoms with Gasteiger partial charge in [0.15, 0.2) is 23.3 Å². The Balaban J connectivity index is 2.56. The highest BCUT2D eigenvalue weighted by Gasteiger charge is 2.20. The number of nitriles is 1. The summed E-state index contributed by atoms with van der Waals surface area (Å²) in [5.74, 6) is -6.45. The smallest absolute Gasteiger partial charge is 0.185 e. The summed E-state index contributed by atoms with van der Waals surface area (Å²) in [6.07, 6.45) is 0. The van der Waals surface area contributed by atoms with Gasteiger partial charge in [0.25, 0.3) is 0 Å². The van der Waals surface area contributed by atoms with Crippen LogP contribution in [0.1, 0.15) is 11.3 Å². The van der Waals surface area contributed by atoms with Crippen molar-refractivity contribution in [1.29, 1.82) is 5.26 Å². The summed E-state index contributed by atoms with van der Waals surface area (Å²) >= 11 is 0. The molecule has 2 rings (SSSR count). The molecule has 20 heavy (non-hydrogen) atoms. The molecule has 0 saturated carbocycles. The van der Waals surface area contributed by atoms with Gasteiger partial charge in [0, 0.05) is 11.8 Å². The maximum absolute atomic E-state index is 13.5. The van der Waals surface area contributed by atoms with Gasteiger partial charge in [-0.3, -0.25) is 0 Å². The van der Waals surface area contributed by atoms with Gasteiger partial charge >= 0.3 is 0 Å². The molecular weight excluding hydrogens is 274 g/mol. The van der Waals surface area contributed by atoms with Gasteiger partial charge in [0.1, 0.15) is 17.6 Å². The van der Waals surface area contributed by atoms with Crippen LogP contribution in [0.3, 0.4) is 0 Å². The van der Waals surface area contributed by atoms with E-state index in [1.165, 1.54) is 12.1 Å². The number of hydrogen-bond donors (Lipinski definition) is 1. The lowest BCUT2D eigenvalue weighted by Crippen LogP contribution is -2.06. The van der Waals surface area contributed by atoms with Crippen molar-refractivity contribution in [3.05, 3.63) is 52.7 Å². The zero-order valence-electron chi connectivity index (χ0n) is 10.1. The first-order valence-corrected chi connectivity index (χ1v) is 5.41. The summed E-state index contributed by atoms with van der Waals surface area (Å²) in [5.41, 5.74) is -0.583. The van der Waals surface area contributed by atoms with Crippen LogP contribution in [0.2, 0.25) is 0 Å². The fourth-order valence-corrected chi connectivity index (χ4v) is 1.54. The molecule has 3 nitrogen and oxygen atoms in total. The van der Waals surface area contributed by atoms with E-state index in [1.54, 1.807) is 13.0 Å². The Hall–Kier alpha value is -2.62. The fourth-order valence-electron chi connectivity index (χ4n) is 1.54. The number of halogens is 4. The zero-order valence-corrected chi connectivity index (χ0v) is 10.1. The summed E-state index contributed by atoms with van der Waals surface area (Å²) in [6, 6.07) is 4.74. The number of aryl methyl sites for hydroxylation is 1. The SMILES string of the molecule is Cc1ccc(C#N)c(Nc2c(F)c(F)cc(F)c2F)n1. The normalized spacial score (nSPS) is 10.2. The number of hydrogen-bond acceptors (Lipinski definition) is 3. The maximum atomic E-state index is 13.5. The van der Waals surface area contributed by atoms with E-state index in [1.807, 2.05) is 0 Å². The van der Waals surface area contributed by atoms with E-state index in [-0.39, 0.29) is 17.4 Å². The van der Waals surface area contributed by atoms with E-state index in [9.17, 15) is 17.6 Å². The second-order valence-electron chi connectivity index (χ2n) is 3.93. The number of benzene rings is 1. The molecule has 0 atom stereocenters. The van der Waals surface area contributed by atoms with Crippen LogP contribution in [-0.4, -0.2) is 4.98 Å². The fraction of sp³-hybridized carbons (Fsp3) is 0.0769. The van der Waals surface area contributed by atoms with Crippen molar-refractivity contribution in [2.45, 2.75) is 6.92 Å². The topological polar surface area (TPSA) is 48.7 Å². The summed E-state index contributed by atoms with van der Waals surface area (Å²) in [6.45, 7) is 1.59. The summed E-state index contributed by atoms with van der Waals surface area (Å²) < 4.78 is 53.2. The molecule has 1 aromatic heterocycles. The first kappa shape index (κ1) is 13.8. The van der Waals surface area contributed by atoms with Gasteiger partial charge in [0.05, 0.1) is 5.56 Å². The van der Waals surface area contributed by atoms with Crippen molar-refractivity contribution in [2.24, 2.45) is 0 Å². The summed E-state index contributed by atoms with van der Waals surface area (Å²) in [7, 11) is 0. The van der Waals surface area contributed by atoms with Gasteiger partial charge in [-0.2, -0.15) is 5.26 Å². The Labute approximate surface area is 111 Å². The van der Waals surface area contributed by atoms with E-state index >= 15 is 0 Å². The van der Waals surface area contributed by atoms with Crippen molar-refractivity contribution in [3.8, 4) is 6.07 Å². The molecule has 0 radical (unpaired) electrons. The summed E-state index contributed by atoms with van der Waals surface area (Å²) in [5, 5.41) is 11.0. The van der Waals surface area contributed by atoms with Gasteiger partial charge in [-0.1, -0.05) is 0 Å². The van der Waals surface area contributed by atoms with Crippen molar-refractivity contribution in [2.75, 3.05) is 5.32 Å². The minimum Gasteiger partial charge on any atom is -0.334 e. The average molecular weight is 281 g/mol. The Kier molecular flexibility index (Phi) is 3.57. The maximum Gasteiger partial charge on any atom is 0.185 e. The lowest BCUT2D eigenvalue weighted by Gasteiger charge is -2.11. The van der Waals surface area contributed by atoms with Crippen molar-refractivity contribution < 1.29 is 17.6 Å². The average Bonchev–Trinajstić information content (AvgIpc) is 2.41. The highest BCUT2D eigenvalue weighted by Crippen LogP contribution is 2.28. The molecule has 0 saturated heterocycles. The van der Waals surface area contributed by atoms with Crippen LogP contribution >= 0.6 is 0 Å². The summed E-state index contributed by atoms with van der Waals surface area (Å²) in [4.78, 5) is 3.87. The minimum atomic E-state index is -1.59. The molecule has 1 N–H and O–H groups in total. The number of nitrogens with zero attached hydrogens (tertiary/aromatic N) is 2. The van der Waals surface area contributed by atoms with E-state index in [4.69, 9.17) is 5.26 Å². The molecule has 0 aliphatic rings. The third kappa shape index (κ3) is 2.40. The second-order valence-corrected chi connectivity index (χ2v) is 3.93. The van der Waals surface area contributed by atoms with Gasteiger partial charge in [-0.15, -0.1) is 0 Å². The molecule has 0 aliphatic carbocycles. The van der Waals surface area contributed by atoms with Gasteiger partial charge < -0.3 is 5.32 Å². The molecule has 102 valence electrons. The van der Waals surface area contributed by atoms with Gasteiger partial charge in [-0.25, -0.2) is 22.5 Å². The van der Waals surface area contributed by atoms with Crippen LogP contribution in [0, 0.1) is 41.5 Å². The molecule has 0 aliphatic heterocycles. The molecular formula is C13H7F4N3. The Morgan fingerprint density at radius 2 is 1.70 bits per heavy atom. The lowest BCUT2D eigenvalue weighted by molar-refractivity contribution is 0.459. The standard InChI is InChI=1S/C13H7F4N3/c1-6-2-3-7(5-18)13(19-6)20-12-10(16)8(14)4-9(15)11(12)17/h2-4H,1H3,(H,19,20). The van der Waals surface area contributed by atoms with E-state index < -0.39 is 29.0 Å². The van der Waals surface area contributed by atoms with Crippen LogP contribution in [0.4, 0.5) is 29.1 Å². The minimum absolute atomic E-state index is 0.0148. The molecule has 0 spiro atoms. The predicted molar refractivity (Wildman–Crippen MR) is 63.2 cm³/mol. The van der Waals surface area contributed by atoms with Crippen LogP contribution in [0.25, 0.3) is 0 Å². The number of rotatable bonds is 2. The molecule has 0 bridgehead atoms. The Morgan fingerprint density at radius 1 is 1.10 bits per heavy atom. The van der Waals surface area contributed by atoms with E-state index in [0.717, 1.165) is 0 Å². The third-order valence-corrected chi connectivity index (χ3v) is 2.51. The zero-order chi connectivity index (χ0) is 14.9.